The van der Waals surface area contributed by atoms with Crippen LogP contribution in [0, 0.1) is 5.82 Å². The highest BCUT2D eigenvalue weighted by Gasteiger charge is 2.24. The molecule has 2 nitrogen and oxygen atoms in total. The van der Waals surface area contributed by atoms with Crippen LogP contribution >= 0.6 is 11.6 Å². The van der Waals surface area contributed by atoms with E-state index in [2.05, 4.69) is 0 Å². The van der Waals surface area contributed by atoms with E-state index < -0.39 is 11.4 Å². The summed E-state index contributed by atoms with van der Waals surface area (Å²) in [7, 11) is 0. The average Bonchev–Trinajstić information content (AvgIpc) is 2.09. The molecule has 0 aliphatic carbocycles. The van der Waals surface area contributed by atoms with Crippen molar-refractivity contribution >= 4 is 11.6 Å². The molecule has 78 valence electrons. The molecule has 0 saturated carbocycles. The molecule has 1 aromatic rings. The quantitative estimate of drug-likeness (QED) is 0.814. The van der Waals surface area contributed by atoms with Crippen LogP contribution in [-0.2, 0) is 5.54 Å². The zero-order valence-corrected chi connectivity index (χ0v) is 8.68. The van der Waals surface area contributed by atoms with Crippen molar-refractivity contribution in [1.29, 1.82) is 0 Å². The molecule has 0 amide bonds. The first-order valence-electron chi connectivity index (χ1n) is 4.32. The molecule has 1 rings (SSSR count). The lowest BCUT2D eigenvalue weighted by Gasteiger charge is -2.24. The number of hydrogen-bond acceptors (Lipinski definition) is 2. The smallest absolute Gasteiger partial charge is 0.128 e. The van der Waals surface area contributed by atoms with E-state index >= 15 is 0 Å². The van der Waals surface area contributed by atoms with Gasteiger partial charge in [-0.2, -0.15) is 0 Å². The number of rotatable bonds is 3. The monoisotopic (exact) mass is 217 g/mol. The first-order valence-corrected chi connectivity index (χ1v) is 4.70. The molecule has 0 aromatic heterocycles. The van der Waals surface area contributed by atoms with E-state index in [4.69, 9.17) is 22.4 Å². The van der Waals surface area contributed by atoms with E-state index in [1.165, 1.54) is 18.2 Å². The zero-order chi connectivity index (χ0) is 10.8. The fourth-order valence-electron chi connectivity index (χ4n) is 1.30. The Bertz CT molecular complexity index is 328. The number of aliphatic hydroxyl groups excluding tert-OH is 1. The van der Waals surface area contributed by atoms with Crippen molar-refractivity contribution in [2.75, 3.05) is 6.61 Å². The van der Waals surface area contributed by atoms with Crippen LogP contribution in [0.3, 0.4) is 0 Å². The van der Waals surface area contributed by atoms with Gasteiger partial charge in [-0.25, -0.2) is 4.39 Å². The molecule has 0 bridgehead atoms. The van der Waals surface area contributed by atoms with Crippen LogP contribution < -0.4 is 5.73 Å². The van der Waals surface area contributed by atoms with Crippen LogP contribution in [0.15, 0.2) is 18.2 Å². The molecular formula is C10H13ClFNO. The Balaban J connectivity index is 3.10. The summed E-state index contributed by atoms with van der Waals surface area (Å²) in [5.74, 6) is -0.396. The molecule has 14 heavy (non-hydrogen) atoms. The highest BCUT2D eigenvalue weighted by atomic mass is 35.5. The van der Waals surface area contributed by atoms with Crippen molar-refractivity contribution < 1.29 is 9.50 Å². The van der Waals surface area contributed by atoms with Crippen molar-refractivity contribution in [3.05, 3.63) is 34.6 Å². The van der Waals surface area contributed by atoms with E-state index in [-0.39, 0.29) is 6.61 Å². The Hall–Kier alpha value is -0.640. The molecule has 4 heteroatoms. The minimum Gasteiger partial charge on any atom is -0.396 e. The Morgan fingerprint density at radius 3 is 2.79 bits per heavy atom. The first kappa shape index (κ1) is 11.4. The van der Waals surface area contributed by atoms with Gasteiger partial charge < -0.3 is 10.8 Å². The second-order valence-electron chi connectivity index (χ2n) is 3.52. The summed E-state index contributed by atoms with van der Waals surface area (Å²) in [6.07, 6.45) is 0.296. The third kappa shape index (κ3) is 2.44. The summed E-state index contributed by atoms with van der Waals surface area (Å²) < 4.78 is 13.4. The van der Waals surface area contributed by atoms with E-state index in [0.29, 0.717) is 17.0 Å². The molecule has 3 N–H and O–H groups in total. The summed E-state index contributed by atoms with van der Waals surface area (Å²) in [4.78, 5) is 0. The summed E-state index contributed by atoms with van der Waals surface area (Å²) in [5, 5.41) is 9.23. The number of benzene rings is 1. The van der Waals surface area contributed by atoms with Gasteiger partial charge in [-0.1, -0.05) is 11.6 Å². The Labute approximate surface area is 87.5 Å². The maximum Gasteiger partial charge on any atom is 0.128 e. The largest absolute Gasteiger partial charge is 0.396 e. The minimum absolute atomic E-state index is 0.0844. The molecule has 0 aliphatic rings. The topological polar surface area (TPSA) is 46.2 Å². The van der Waals surface area contributed by atoms with Gasteiger partial charge in [0.15, 0.2) is 0 Å². The van der Waals surface area contributed by atoms with Crippen LogP contribution in [0.25, 0.3) is 0 Å². The minimum atomic E-state index is -0.885. The lowest BCUT2D eigenvalue weighted by Crippen LogP contribution is -2.35. The van der Waals surface area contributed by atoms with Crippen molar-refractivity contribution in [2.24, 2.45) is 5.73 Å². The number of halogens is 2. The van der Waals surface area contributed by atoms with E-state index in [1.54, 1.807) is 6.92 Å². The Morgan fingerprint density at radius 2 is 2.21 bits per heavy atom. The van der Waals surface area contributed by atoms with Gasteiger partial charge in [0.25, 0.3) is 0 Å². The molecular weight excluding hydrogens is 205 g/mol. The van der Waals surface area contributed by atoms with Gasteiger partial charge in [0.05, 0.1) is 0 Å². The van der Waals surface area contributed by atoms with Crippen LogP contribution in [0.5, 0.6) is 0 Å². The highest BCUT2D eigenvalue weighted by molar-refractivity contribution is 6.30. The molecule has 0 radical (unpaired) electrons. The van der Waals surface area contributed by atoms with Crippen LogP contribution in [0.1, 0.15) is 18.9 Å². The third-order valence-electron chi connectivity index (χ3n) is 2.17. The fraction of sp³-hybridized carbons (Fsp3) is 0.400. The fourth-order valence-corrected chi connectivity index (χ4v) is 1.47. The molecule has 0 saturated heterocycles. The van der Waals surface area contributed by atoms with Gasteiger partial charge in [0.2, 0.25) is 0 Å². The van der Waals surface area contributed by atoms with Gasteiger partial charge >= 0.3 is 0 Å². The Morgan fingerprint density at radius 1 is 1.57 bits per heavy atom. The molecule has 1 aromatic carbocycles. The third-order valence-corrected chi connectivity index (χ3v) is 2.41. The predicted molar refractivity (Wildman–Crippen MR) is 54.7 cm³/mol. The first-order chi connectivity index (χ1) is 6.47. The van der Waals surface area contributed by atoms with Gasteiger partial charge in [0, 0.05) is 22.7 Å². The maximum atomic E-state index is 13.4. The molecule has 1 unspecified atom stereocenters. The molecule has 0 spiro atoms. The number of aliphatic hydroxyl groups is 1. The number of hydrogen-bond donors (Lipinski definition) is 2. The second kappa shape index (κ2) is 4.26. The van der Waals surface area contributed by atoms with Gasteiger partial charge in [0.1, 0.15) is 5.82 Å². The second-order valence-corrected chi connectivity index (χ2v) is 3.95. The van der Waals surface area contributed by atoms with Gasteiger partial charge in [-0.15, -0.1) is 0 Å². The summed E-state index contributed by atoms with van der Waals surface area (Å²) in [6, 6.07) is 4.24. The van der Waals surface area contributed by atoms with Crippen LogP contribution in [0.2, 0.25) is 5.02 Å². The average molecular weight is 218 g/mol. The van der Waals surface area contributed by atoms with E-state index in [9.17, 15) is 4.39 Å². The molecule has 0 fully saturated rings. The van der Waals surface area contributed by atoms with E-state index in [0.717, 1.165) is 0 Å². The maximum absolute atomic E-state index is 13.4. The number of nitrogens with two attached hydrogens (primary N) is 1. The van der Waals surface area contributed by atoms with Gasteiger partial charge in [-0.05, 0) is 31.5 Å². The zero-order valence-electron chi connectivity index (χ0n) is 7.93. The van der Waals surface area contributed by atoms with Crippen molar-refractivity contribution in [3.8, 4) is 0 Å². The lowest BCUT2D eigenvalue weighted by atomic mass is 9.90. The molecule has 0 heterocycles. The highest BCUT2D eigenvalue weighted by Crippen LogP contribution is 2.26. The van der Waals surface area contributed by atoms with Gasteiger partial charge in [-0.3, -0.25) is 0 Å². The van der Waals surface area contributed by atoms with Crippen molar-refractivity contribution in [2.45, 2.75) is 18.9 Å². The van der Waals surface area contributed by atoms with Crippen molar-refractivity contribution in [3.63, 3.8) is 0 Å². The van der Waals surface area contributed by atoms with E-state index in [1.807, 2.05) is 0 Å². The summed E-state index contributed by atoms with van der Waals surface area (Å²) in [6.45, 7) is 1.58. The van der Waals surface area contributed by atoms with Crippen LogP contribution in [-0.4, -0.2) is 11.7 Å². The predicted octanol–water partition coefficient (Wildman–Crippen LogP) is 2.04. The normalized spacial score (nSPS) is 15.2. The molecule has 0 aliphatic heterocycles. The summed E-state index contributed by atoms with van der Waals surface area (Å²) >= 11 is 5.74. The summed E-state index contributed by atoms with van der Waals surface area (Å²) in [5.41, 5.74) is 5.31. The standard InChI is InChI=1S/C10H13ClFNO/c1-10(13,4-5-14)8-6-7(11)2-3-9(8)12/h2-3,6,14H,4-5,13H2,1H3. The molecule has 1 atom stereocenters. The lowest BCUT2D eigenvalue weighted by molar-refractivity contribution is 0.244. The SMILES string of the molecule is CC(N)(CCO)c1cc(Cl)ccc1F. The van der Waals surface area contributed by atoms with Crippen LogP contribution in [0.4, 0.5) is 4.39 Å². The van der Waals surface area contributed by atoms with Crippen molar-refractivity contribution in [1.82, 2.24) is 0 Å². The Kier molecular flexibility index (Phi) is 3.48.